The van der Waals surface area contributed by atoms with Gasteiger partial charge >= 0.3 is 0 Å². The van der Waals surface area contributed by atoms with Crippen molar-refractivity contribution in [1.29, 1.82) is 0 Å². The Morgan fingerprint density at radius 3 is 2.90 bits per heavy atom. The van der Waals surface area contributed by atoms with Crippen LogP contribution in [0.1, 0.15) is 55.2 Å². The first kappa shape index (κ1) is 13.4. The number of hydrogen-bond donors (Lipinski definition) is 1. The molecule has 1 aliphatic rings. The lowest BCUT2D eigenvalue weighted by molar-refractivity contribution is 0.173. The average molecular weight is 270 g/mol. The highest BCUT2D eigenvalue weighted by Crippen LogP contribution is 2.43. The molecule has 1 atom stereocenters. The van der Waals surface area contributed by atoms with Gasteiger partial charge in [-0.3, -0.25) is 0 Å². The second kappa shape index (κ2) is 5.80. The van der Waals surface area contributed by atoms with Gasteiger partial charge in [0.05, 0.1) is 6.10 Å². The van der Waals surface area contributed by atoms with Gasteiger partial charge in [0.15, 0.2) is 0 Å². The van der Waals surface area contributed by atoms with Crippen molar-refractivity contribution in [1.82, 2.24) is 9.55 Å². The Morgan fingerprint density at radius 2 is 2.15 bits per heavy atom. The predicted octanol–water partition coefficient (Wildman–Crippen LogP) is 3.45. The van der Waals surface area contributed by atoms with Crippen LogP contribution in [0.25, 0.3) is 0 Å². The van der Waals surface area contributed by atoms with Gasteiger partial charge in [-0.2, -0.15) is 0 Å². The highest BCUT2D eigenvalue weighted by Gasteiger charge is 2.27. The smallest absolute Gasteiger partial charge is 0.111 e. The van der Waals surface area contributed by atoms with E-state index in [1.54, 1.807) is 0 Å². The zero-order valence-electron chi connectivity index (χ0n) is 12.0. The van der Waals surface area contributed by atoms with Crippen molar-refractivity contribution in [3.63, 3.8) is 0 Å². The molecule has 0 aliphatic heterocycles. The first-order valence-electron chi connectivity index (χ1n) is 7.56. The Bertz CT molecular complexity index is 572. The fourth-order valence-electron chi connectivity index (χ4n) is 2.84. The molecule has 0 saturated heterocycles. The first-order chi connectivity index (χ1) is 9.79. The number of hydrogen-bond acceptors (Lipinski definition) is 2. The highest BCUT2D eigenvalue weighted by atomic mass is 16.3. The molecule has 0 spiro atoms. The molecule has 1 aliphatic carbocycles. The zero-order chi connectivity index (χ0) is 13.9. The van der Waals surface area contributed by atoms with Crippen LogP contribution in [-0.2, 0) is 13.0 Å². The van der Waals surface area contributed by atoms with Crippen molar-refractivity contribution in [3.05, 3.63) is 53.6 Å². The number of imidazole rings is 1. The molecule has 0 bridgehead atoms. The third-order valence-corrected chi connectivity index (χ3v) is 4.01. The average Bonchev–Trinajstić information content (AvgIpc) is 3.23. The number of aryl methyl sites for hydroxylation is 1. The molecular weight excluding hydrogens is 248 g/mol. The predicted molar refractivity (Wildman–Crippen MR) is 79.6 cm³/mol. The molecule has 20 heavy (non-hydrogen) atoms. The Morgan fingerprint density at radius 1 is 1.35 bits per heavy atom. The van der Waals surface area contributed by atoms with Gasteiger partial charge in [0.25, 0.3) is 0 Å². The molecule has 0 amide bonds. The normalized spacial score (nSPS) is 16.3. The zero-order valence-corrected chi connectivity index (χ0v) is 12.0. The summed E-state index contributed by atoms with van der Waals surface area (Å²) in [6.45, 7) is 3.12. The largest absolute Gasteiger partial charge is 0.388 e. The van der Waals surface area contributed by atoms with Crippen LogP contribution in [-0.4, -0.2) is 14.7 Å². The summed E-state index contributed by atoms with van der Waals surface area (Å²) >= 11 is 0. The van der Waals surface area contributed by atoms with Gasteiger partial charge in [-0.1, -0.05) is 31.2 Å². The van der Waals surface area contributed by atoms with Crippen molar-refractivity contribution in [3.8, 4) is 0 Å². The third kappa shape index (κ3) is 2.78. The Balaban J connectivity index is 1.79. The number of aromatic nitrogens is 2. The minimum Gasteiger partial charge on any atom is -0.388 e. The molecule has 1 N–H and O–H groups in total. The van der Waals surface area contributed by atoms with Gasteiger partial charge < -0.3 is 9.67 Å². The molecule has 1 saturated carbocycles. The van der Waals surface area contributed by atoms with Crippen molar-refractivity contribution in [2.24, 2.45) is 0 Å². The van der Waals surface area contributed by atoms with Crippen LogP contribution in [0.2, 0.25) is 0 Å². The van der Waals surface area contributed by atoms with Crippen LogP contribution < -0.4 is 0 Å². The molecule has 3 nitrogen and oxygen atoms in total. The van der Waals surface area contributed by atoms with Crippen LogP contribution >= 0.6 is 0 Å². The molecule has 1 aromatic heterocycles. The summed E-state index contributed by atoms with van der Waals surface area (Å²) in [7, 11) is 0. The van der Waals surface area contributed by atoms with E-state index in [0.717, 1.165) is 24.4 Å². The molecule has 1 aromatic carbocycles. The maximum atomic E-state index is 10.6. The summed E-state index contributed by atoms with van der Waals surface area (Å²) in [5.74, 6) is 1.64. The molecule has 106 valence electrons. The molecule has 3 rings (SSSR count). The van der Waals surface area contributed by atoms with Crippen LogP contribution in [0, 0.1) is 0 Å². The minimum absolute atomic E-state index is 0.454. The number of aliphatic hydroxyl groups excluding tert-OH is 1. The monoisotopic (exact) mass is 270 g/mol. The van der Waals surface area contributed by atoms with Gasteiger partial charge in [0.1, 0.15) is 5.82 Å². The fourth-order valence-corrected chi connectivity index (χ4v) is 2.84. The van der Waals surface area contributed by atoms with Crippen molar-refractivity contribution in [2.75, 3.05) is 0 Å². The quantitative estimate of drug-likeness (QED) is 0.873. The Kier molecular flexibility index (Phi) is 3.88. The van der Waals surface area contributed by atoms with Crippen LogP contribution in [0.3, 0.4) is 0 Å². The van der Waals surface area contributed by atoms with Gasteiger partial charge in [-0.15, -0.1) is 0 Å². The number of rotatable bonds is 6. The van der Waals surface area contributed by atoms with Crippen molar-refractivity contribution >= 4 is 0 Å². The standard InChI is InChI=1S/C17H22N2O/c1-2-10-19-11-9-18-17(19)12-16(20)15-6-4-3-5-14(15)13-7-8-13/h3-6,9,11,13,16,20H,2,7-8,10,12H2,1H3. The van der Waals surface area contributed by atoms with Crippen LogP contribution in [0.4, 0.5) is 0 Å². The molecule has 0 radical (unpaired) electrons. The van der Waals surface area contributed by atoms with E-state index in [2.05, 4.69) is 34.7 Å². The Labute approximate surface area is 120 Å². The summed E-state index contributed by atoms with van der Waals surface area (Å²) < 4.78 is 2.14. The third-order valence-electron chi connectivity index (χ3n) is 4.01. The van der Waals surface area contributed by atoms with Gasteiger partial charge in [-0.05, 0) is 36.3 Å². The van der Waals surface area contributed by atoms with Crippen molar-refractivity contribution < 1.29 is 5.11 Å². The Hall–Kier alpha value is -1.61. The highest BCUT2D eigenvalue weighted by molar-refractivity contribution is 5.35. The van der Waals surface area contributed by atoms with E-state index >= 15 is 0 Å². The molecular formula is C17H22N2O. The molecule has 1 unspecified atom stereocenters. The van der Waals surface area contributed by atoms with E-state index in [1.807, 2.05) is 18.5 Å². The lowest BCUT2D eigenvalue weighted by Crippen LogP contribution is -2.10. The second-order valence-electron chi connectivity index (χ2n) is 5.66. The summed E-state index contributed by atoms with van der Waals surface area (Å²) in [4.78, 5) is 4.39. The van der Waals surface area contributed by atoms with E-state index in [-0.39, 0.29) is 0 Å². The van der Waals surface area contributed by atoms with E-state index in [4.69, 9.17) is 0 Å². The fraction of sp³-hybridized carbons (Fsp3) is 0.471. The van der Waals surface area contributed by atoms with Gasteiger partial charge in [0, 0.05) is 25.4 Å². The van der Waals surface area contributed by atoms with Crippen LogP contribution in [0.5, 0.6) is 0 Å². The van der Waals surface area contributed by atoms with E-state index < -0.39 is 6.10 Å². The molecule has 3 heteroatoms. The molecule has 2 aromatic rings. The molecule has 1 heterocycles. The number of benzene rings is 1. The minimum atomic E-state index is -0.454. The van der Waals surface area contributed by atoms with E-state index in [1.165, 1.54) is 18.4 Å². The number of nitrogens with zero attached hydrogens (tertiary/aromatic N) is 2. The summed E-state index contributed by atoms with van der Waals surface area (Å²) in [5.41, 5.74) is 2.41. The van der Waals surface area contributed by atoms with Crippen molar-refractivity contribution in [2.45, 2.75) is 51.2 Å². The first-order valence-corrected chi connectivity index (χ1v) is 7.56. The van der Waals surface area contributed by atoms with Gasteiger partial charge in [-0.25, -0.2) is 4.98 Å². The topological polar surface area (TPSA) is 38.0 Å². The maximum absolute atomic E-state index is 10.6. The van der Waals surface area contributed by atoms with E-state index in [0.29, 0.717) is 12.3 Å². The van der Waals surface area contributed by atoms with Crippen LogP contribution in [0.15, 0.2) is 36.7 Å². The van der Waals surface area contributed by atoms with E-state index in [9.17, 15) is 5.11 Å². The van der Waals surface area contributed by atoms with Gasteiger partial charge in [0.2, 0.25) is 0 Å². The lowest BCUT2D eigenvalue weighted by Gasteiger charge is -2.16. The summed E-state index contributed by atoms with van der Waals surface area (Å²) in [6.07, 6.45) is 7.56. The maximum Gasteiger partial charge on any atom is 0.111 e. The number of aliphatic hydroxyl groups is 1. The summed E-state index contributed by atoms with van der Waals surface area (Å²) in [5, 5.41) is 10.6. The SMILES string of the molecule is CCCn1ccnc1CC(O)c1ccccc1C1CC1. The summed E-state index contributed by atoms with van der Waals surface area (Å²) in [6, 6.07) is 8.31. The lowest BCUT2D eigenvalue weighted by atomic mass is 9.97. The molecule has 1 fully saturated rings. The second-order valence-corrected chi connectivity index (χ2v) is 5.66.